The number of carbonyl (C=O) groups excluding carboxylic acids is 3. The molecular weight excluding hydrogens is 564 g/mol. The van der Waals surface area contributed by atoms with Crippen LogP contribution >= 0.6 is 0 Å². The molecule has 2 aliphatic rings. The first kappa shape index (κ1) is 31.2. The molecule has 6 atom stereocenters. The molecule has 42 heavy (non-hydrogen) atoms. The van der Waals surface area contributed by atoms with E-state index in [0.717, 1.165) is 22.6 Å². The Morgan fingerprint density at radius 1 is 1.02 bits per heavy atom. The highest BCUT2D eigenvalue weighted by Gasteiger charge is 2.53. The van der Waals surface area contributed by atoms with Gasteiger partial charge >= 0.3 is 6.09 Å². The zero-order valence-corrected chi connectivity index (χ0v) is 24.6. The Kier molecular flexibility index (Phi) is 9.72. The number of hydrogen-bond donors (Lipinski definition) is 5. The van der Waals surface area contributed by atoms with Gasteiger partial charge in [-0.2, -0.15) is 0 Å². The van der Waals surface area contributed by atoms with Gasteiger partial charge in [0.15, 0.2) is 15.3 Å². The molecular formula is C29H38N4O8S. The van der Waals surface area contributed by atoms with Crippen LogP contribution in [0.15, 0.2) is 42.5 Å². The predicted octanol–water partition coefficient (Wildman–Crippen LogP) is 1.33. The molecule has 0 bridgehead atoms. The Hall–Kier alpha value is -3.71. The minimum absolute atomic E-state index is 0.0231. The Labute approximate surface area is 244 Å². The Morgan fingerprint density at radius 2 is 1.71 bits per heavy atom. The Morgan fingerprint density at radius 3 is 2.33 bits per heavy atom. The van der Waals surface area contributed by atoms with Gasteiger partial charge in [0.2, 0.25) is 17.7 Å². The second kappa shape index (κ2) is 13.1. The molecule has 2 aromatic rings. The SMILES string of the molecule is CC(C)CC(NC(=O)C(Cc1cccc2ccccc12)NC(=O)O)C(=O)NC(C[C@@H]1CCNC1=O)C1OC1S(C)(=O)=O. The maximum atomic E-state index is 13.6. The molecule has 2 aliphatic heterocycles. The van der Waals surface area contributed by atoms with Crippen molar-refractivity contribution in [2.75, 3.05) is 12.8 Å². The van der Waals surface area contributed by atoms with Crippen LogP contribution < -0.4 is 21.3 Å². The minimum Gasteiger partial charge on any atom is -0.465 e. The number of amides is 4. The van der Waals surface area contributed by atoms with Crippen molar-refractivity contribution in [3.05, 3.63) is 48.0 Å². The van der Waals surface area contributed by atoms with E-state index in [9.17, 15) is 32.7 Å². The Balaban J connectivity index is 1.52. The van der Waals surface area contributed by atoms with Crippen molar-refractivity contribution in [3.8, 4) is 0 Å². The van der Waals surface area contributed by atoms with Crippen molar-refractivity contribution in [2.24, 2.45) is 11.8 Å². The van der Waals surface area contributed by atoms with Gasteiger partial charge in [0, 0.05) is 25.1 Å². The van der Waals surface area contributed by atoms with E-state index >= 15 is 0 Å². The lowest BCUT2D eigenvalue weighted by molar-refractivity contribution is -0.131. The molecule has 5 unspecified atom stereocenters. The number of sulfone groups is 1. The molecule has 12 nitrogen and oxygen atoms in total. The number of carbonyl (C=O) groups is 4. The van der Waals surface area contributed by atoms with Gasteiger partial charge in [-0.1, -0.05) is 56.3 Å². The van der Waals surface area contributed by atoms with Crippen molar-refractivity contribution < 1.29 is 37.4 Å². The summed E-state index contributed by atoms with van der Waals surface area (Å²) in [4.78, 5) is 50.9. The van der Waals surface area contributed by atoms with Gasteiger partial charge in [-0.3, -0.25) is 14.4 Å². The molecule has 4 rings (SSSR count). The fraction of sp³-hybridized carbons (Fsp3) is 0.517. The molecule has 0 radical (unpaired) electrons. The number of rotatable bonds is 13. The normalized spacial score (nSPS) is 22.2. The molecule has 4 amide bonds. The van der Waals surface area contributed by atoms with Crippen LogP contribution in [0.3, 0.4) is 0 Å². The minimum atomic E-state index is -3.54. The number of ether oxygens (including phenoxy) is 1. The topological polar surface area (TPSA) is 183 Å². The summed E-state index contributed by atoms with van der Waals surface area (Å²) in [6.45, 7) is 4.24. The summed E-state index contributed by atoms with van der Waals surface area (Å²) in [6, 6.07) is 10.1. The van der Waals surface area contributed by atoms with Crippen molar-refractivity contribution in [1.29, 1.82) is 0 Å². The van der Waals surface area contributed by atoms with Gasteiger partial charge in [0.25, 0.3) is 0 Å². The second-order valence-corrected chi connectivity index (χ2v) is 13.6. The number of hydrogen-bond acceptors (Lipinski definition) is 7. The smallest absolute Gasteiger partial charge is 0.405 e. The number of benzene rings is 2. The zero-order valence-electron chi connectivity index (χ0n) is 23.8. The number of epoxide rings is 1. The highest BCUT2D eigenvalue weighted by molar-refractivity contribution is 7.91. The molecule has 2 aromatic carbocycles. The van der Waals surface area contributed by atoms with Gasteiger partial charge in [-0.25, -0.2) is 13.2 Å². The van der Waals surface area contributed by atoms with Gasteiger partial charge in [0.05, 0.1) is 6.04 Å². The standard InChI is InChI=1S/C29H38N4O8S/c1-16(2)13-22(26(35)31-21(15-19-11-12-30-25(19)34)24-28(41-24)42(3,39)40)32-27(36)23(33-29(37)38)14-18-9-6-8-17-7-4-5-10-20(17)18/h4-10,16,19,21-24,28,33H,11-15H2,1-3H3,(H,30,34)(H,31,35)(H,32,36)(H,37,38)/t19-,21?,22?,23?,24?,28?/m0/s1. The number of fused-ring (bicyclic) bond motifs is 1. The second-order valence-electron chi connectivity index (χ2n) is 11.5. The lowest BCUT2D eigenvalue weighted by Crippen LogP contribution is -2.56. The van der Waals surface area contributed by atoms with Crippen LogP contribution in [0, 0.1) is 11.8 Å². The van der Waals surface area contributed by atoms with E-state index in [1.54, 1.807) is 0 Å². The molecule has 13 heteroatoms. The molecule has 0 spiro atoms. The van der Waals surface area contributed by atoms with Crippen molar-refractivity contribution in [2.45, 2.75) is 69.2 Å². The van der Waals surface area contributed by atoms with E-state index in [1.165, 1.54) is 0 Å². The molecule has 2 saturated heterocycles. The molecule has 0 aromatic heterocycles. The highest BCUT2D eigenvalue weighted by atomic mass is 32.2. The fourth-order valence-electron chi connectivity index (χ4n) is 5.50. The summed E-state index contributed by atoms with van der Waals surface area (Å²) >= 11 is 0. The highest BCUT2D eigenvalue weighted by Crippen LogP contribution is 2.33. The van der Waals surface area contributed by atoms with Crippen LogP contribution in [0.5, 0.6) is 0 Å². The van der Waals surface area contributed by atoms with Gasteiger partial charge in [-0.05, 0) is 41.5 Å². The van der Waals surface area contributed by atoms with E-state index in [4.69, 9.17) is 4.74 Å². The lowest BCUT2D eigenvalue weighted by Gasteiger charge is -2.26. The average molecular weight is 603 g/mol. The predicted molar refractivity (Wildman–Crippen MR) is 155 cm³/mol. The first-order valence-corrected chi connectivity index (χ1v) is 16.0. The van der Waals surface area contributed by atoms with Crippen LogP contribution in [0.2, 0.25) is 0 Å². The molecule has 2 heterocycles. The average Bonchev–Trinajstić information content (AvgIpc) is 3.64. The summed E-state index contributed by atoms with van der Waals surface area (Å²) in [5.41, 5.74) is -0.324. The van der Waals surface area contributed by atoms with E-state index in [1.807, 2.05) is 56.3 Å². The lowest BCUT2D eigenvalue weighted by atomic mass is 9.95. The molecule has 2 fully saturated rings. The summed E-state index contributed by atoms with van der Waals surface area (Å²) in [6.07, 6.45) is -0.130. The van der Waals surface area contributed by atoms with Crippen molar-refractivity contribution in [3.63, 3.8) is 0 Å². The number of carboxylic acid groups (broad SMARTS) is 1. The third-order valence-electron chi connectivity index (χ3n) is 7.59. The maximum Gasteiger partial charge on any atom is 0.405 e. The summed E-state index contributed by atoms with van der Waals surface area (Å²) in [5, 5.41) is 21.9. The van der Waals surface area contributed by atoms with Gasteiger partial charge in [-0.15, -0.1) is 0 Å². The van der Waals surface area contributed by atoms with E-state index in [0.29, 0.717) is 13.0 Å². The third-order valence-corrected chi connectivity index (χ3v) is 8.81. The monoisotopic (exact) mass is 602 g/mol. The van der Waals surface area contributed by atoms with Crippen LogP contribution in [0.4, 0.5) is 4.79 Å². The fourth-order valence-corrected chi connectivity index (χ4v) is 6.50. The summed E-state index contributed by atoms with van der Waals surface area (Å²) in [7, 11) is -3.54. The van der Waals surface area contributed by atoms with Crippen LogP contribution in [-0.4, -0.2) is 79.8 Å². The summed E-state index contributed by atoms with van der Waals surface area (Å²) in [5.74, 6) is -1.85. The first-order valence-electron chi connectivity index (χ1n) is 14.0. The van der Waals surface area contributed by atoms with Crippen molar-refractivity contribution in [1.82, 2.24) is 21.3 Å². The third kappa shape index (κ3) is 7.97. The molecule has 5 N–H and O–H groups in total. The van der Waals surface area contributed by atoms with Crippen LogP contribution in [0.1, 0.15) is 38.7 Å². The van der Waals surface area contributed by atoms with Gasteiger partial charge in [0.1, 0.15) is 18.2 Å². The zero-order chi connectivity index (χ0) is 30.6. The molecule has 0 saturated carbocycles. The van der Waals surface area contributed by atoms with E-state index in [-0.39, 0.29) is 31.1 Å². The Bertz CT molecular complexity index is 1440. The van der Waals surface area contributed by atoms with Crippen LogP contribution in [0.25, 0.3) is 10.8 Å². The first-order chi connectivity index (χ1) is 19.8. The van der Waals surface area contributed by atoms with E-state index < -0.39 is 63.3 Å². The van der Waals surface area contributed by atoms with Crippen LogP contribution in [-0.2, 0) is 35.4 Å². The number of nitrogens with one attached hydrogen (secondary N) is 4. The quantitative estimate of drug-likeness (QED) is 0.213. The largest absolute Gasteiger partial charge is 0.465 e. The summed E-state index contributed by atoms with van der Waals surface area (Å²) < 4.78 is 29.6. The van der Waals surface area contributed by atoms with Gasteiger partial charge < -0.3 is 31.1 Å². The maximum absolute atomic E-state index is 13.6. The molecule has 0 aliphatic carbocycles. The van der Waals surface area contributed by atoms with E-state index in [2.05, 4.69) is 21.3 Å². The van der Waals surface area contributed by atoms with Crippen molar-refractivity contribution >= 4 is 44.4 Å². The molecule has 228 valence electrons.